The van der Waals surface area contributed by atoms with E-state index in [9.17, 15) is 18.0 Å². The van der Waals surface area contributed by atoms with Crippen molar-refractivity contribution in [2.75, 3.05) is 11.4 Å². The van der Waals surface area contributed by atoms with Crippen LogP contribution in [0.2, 0.25) is 0 Å². The van der Waals surface area contributed by atoms with Gasteiger partial charge in [-0.1, -0.05) is 12.7 Å². The maximum Gasteiger partial charge on any atom is 0.420 e. The summed E-state index contributed by atoms with van der Waals surface area (Å²) >= 11 is 5.40. The molecular weight excluding hydrogens is 470 g/mol. The number of carbonyl (C=O) groups is 1. The summed E-state index contributed by atoms with van der Waals surface area (Å²) in [5.41, 5.74) is -4.44. The van der Waals surface area contributed by atoms with E-state index in [1.54, 1.807) is 0 Å². The molecule has 1 aromatic carbocycles. The van der Waals surface area contributed by atoms with E-state index in [1.165, 1.54) is 43.2 Å². The van der Waals surface area contributed by atoms with Crippen LogP contribution < -0.4 is 4.90 Å². The van der Waals surface area contributed by atoms with Crippen LogP contribution in [-0.2, 0) is 11.0 Å². The molecule has 0 saturated carbocycles. The lowest BCUT2D eigenvalue weighted by Crippen LogP contribution is -2.43. The molecule has 34 heavy (non-hydrogen) atoms. The Morgan fingerprint density at radius 3 is 2.53 bits per heavy atom. The molecule has 0 bridgehead atoms. The number of amides is 1. The number of unbranched alkanes of at least 4 members (excludes halogenated alkanes) is 2. The van der Waals surface area contributed by atoms with E-state index < -0.39 is 40.3 Å². The molecule has 6 nitrogen and oxygen atoms in total. The molecule has 1 saturated heterocycles. The van der Waals surface area contributed by atoms with Crippen molar-refractivity contribution in [3.05, 3.63) is 53.5 Å². The second-order valence-electron chi connectivity index (χ2n) is 7.73. The van der Waals surface area contributed by atoms with Crippen molar-refractivity contribution in [3.8, 4) is 12.1 Å². The number of anilines is 1. The number of aliphatic imine (C=N–C) groups is 1. The number of thiocarbonyl (C=S) groups is 1. The molecule has 0 radical (unpaired) electrons. The van der Waals surface area contributed by atoms with E-state index in [4.69, 9.17) is 22.7 Å². The summed E-state index contributed by atoms with van der Waals surface area (Å²) < 4.78 is 55.5. The molecule has 0 spiro atoms. The Hall–Kier alpha value is -3.57. The lowest BCUT2D eigenvalue weighted by atomic mass is 10.0. The summed E-state index contributed by atoms with van der Waals surface area (Å²) in [4.78, 5) is 19.6. The third-order valence-corrected chi connectivity index (χ3v) is 5.40. The first-order chi connectivity index (χ1) is 15.9. The Kier molecular flexibility index (Phi) is 8.30. The molecule has 11 heteroatoms. The second-order valence-corrected chi connectivity index (χ2v) is 8.09. The molecule has 1 aromatic rings. The van der Waals surface area contributed by atoms with Crippen molar-refractivity contribution in [1.29, 1.82) is 10.5 Å². The lowest BCUT2D eigenvalue weighted by Gasteiger charge is -2.29. The van der Waals surface area contributed by atoms with Crippen molar-refractivity contribution in [3.63, 3.8) is 0 Å². The van der Waals surface area contributed by atoms with Crippen LogP contribution in [0.3, 0.4) is 0 Å². The van der Waals surface area contributed by atoms with Crippen LogP contribution in [0.25, 0.3) is 0 Å². The van der Waals surface area contributed by atoms with E-state index in [0.717, 1.165) is 12.1 Å². The van der Waals surface area contributed by atoms with E-state index in [-0.39, 0.29) is 5.11 Å². The van der Waals surface area contributed by atoms with Gasteiger partial charge in [0.25, 0.3) is 5.91 Å². The first-order valence-electron chi connectivity index (χ1n) is 10.1. The number of hydrogen-bond donors (Lipinski definition) is 0. The molecule has 1 fully saturated rings. The van der Waals surface area contributed by atoms with Crippen LogP contribution >= 0.6 is 12.2 Å². The highest BCUT2D eigenvalue weighted by Crippen LogP contribution is 2.41. The molecule has 0 aromatic heterocycles. The highest BCUT2D eigenvalue weighted by atomic mass is 32.1. The predicted octanol–water partition coefficient (Wildman–Crippen LogP) is 5.26. The van der Waals surface area contributed by atoms with Gasteiger partial charge in [0.05, 0.1) is 29.1 Å². The van der Waals surface area contributed by atoms with Crippen LogP contribution in [0.5, 0.6) is 0 Å². The minimum absolute atomic E-state index is 0.254. The number of allylic oxidation sites excluding steroid dienone is 3. The highest BCUT2D eigenvalue weighted by molar-refractivity contribution is 7.80. The monoisotopic (exact) mass is 491 g/mol. The number of halogens is 4. The van der Waals surface area contributed by atoms with E-state index in [0.29, 0.717) is 36.4 Å². The summed E-state index contributed by atoms with van der Waals surface area (Å²) in [5, 5.41) is 17.3. The number of rotatable bonds is 8. The summed E-state index contributed by atoms with van der Waals surface area (Å²) in [6.07, 6.45) is 0.932. The van der Waals surface area contributed by atoms with E-state index in [2.05, 4.69) is 11.6 Å². The van der Waals surface area contributed by atoms with Gasteiger partial charge in [0.1, 0.15) is 11.1 Å². The van der Waals surface area contributed by atoms with Crippen molar-refractivity contribution < 1.29 is 22.4 Å². The maximum absolute atomic E-state index is 15.1. The van der Waals surface area contributed by atoms with Gasteiger partial charge < -0.3 is 4.90 Å². The third kappa shape index (κ3) is 5.15. The van der Waals surface area contributed by atoms with Crippen LogP contribution in [0.1, 0.15) is 44.2 Å². The fraction of sp³-hybridized carbons (Fsp3) is 0.348. The number of carbonyl (C=O) groups excluding carboxylic acids is 1. The first-order valence-corrected chi connectivity index (χ1v) is 10.5. The molecule has 1 aliphatic heterocycles. The van der Waals surface area contributed by atoms with Gasteiger partial charge in [0.2, 0.25) is 0 Å². The molecular formula is C23H21F4N5OS. The molecule has 1 amide bonds. The molecule has 0 N–H and O–H groups in total. The topological polar surface area (TPSA) is 83.5 Å². The molecule has 1 heterocycles. The summed E-state index contributed by atoms with van der Waals surface area (Å²) in [7, 11) is 0. The number of hydrogen-bond acceptors (Lipinski definition) is 5. The summed E-state index contributed by atoms with van der Waals surface area (Å²) in [6.45, 7) is 7.00. The fourth-order valence-corrected chi connectivity index (χ4v) is 3.93. The van der Waals surface area contributed by atoms with Crippen molar-refractivity contribution in [2.24, 2.45) is 4.99 Å². The second kappa shape index (κ2) is 10.6. The smallest absolute Gasteiger partial charge is 0.302 e. The molecule has 178 valence electrons. The summed E-state index contributed by atoms with van der Waals surface area (Å²) in [5.74, 6) is -2.52. The Bertz CT molecular complexity index is 1140. The number of benzene rings is 1. The Morgan fingerprint density at radius 1 is 1.29 bits per heavy atom. The SMILES string of the molecule is C=C/C=C(\C=NCCCCC#N)N1C(=S)N(c2ccc(C#N)c(C(F)(F)F)c2F)C(=O)C1(C)C. The van der Waals surface area contributed by atoms with Gasteiger partial charge in [-0.3, -0.25) is 14.7 Å². The Balaban J connectivity index is 2.52. The van der Waals surface area contributed by atoms with Crippen LogP contribution in [0.4, 0.5) is 23.2 Å². The Morgan fingerprint density at radius 2 is 1.97 bits per heavy atom. The molecule has 2 rings (SSSR count). The molecule has 0 atom stereocenters. The maximum atomic E-state index is 15.1. The standard InChI is InChI=1S/C23H21F4N5OS/c1-4-8-16(14-30-12-7-5-6-11-28)32-21(34)31(20(33)22(32,2)3)17-10-9-15(13-29)18(19(17)24)23(25,26)27/h4,8-10,14H,1,5-7,12H2,2-3H3/b16-8+,30-14?. The first kappa shape index (κ1) is 26.7. The van der Waals surface area contributed by atoms with Gasteiger partial charge in [-0.15, -0.1) is 0 Å². The molecule has 0 unspecified atom stereocenters. The van der Waals surface area contributed by atoms with Crippen molar-refractivity contribution in [2.45, 2.75) is 44.8 Å². The van der Waals surface area contributed by atoms with Gasteiger partial charge in [0.15, 0.2) is 10.9 Å². The number of alkyl halides is 3. The normalized spacial score (nSPS) is 16.2. The van der Waals surface area contributed by atoms with E-state index >= 15 is 4.39 Å². The quantitative estimate of drug-likeness (QED) is 0.163. The zero-order valence-electron chi connectivity index (χ0n) is 18.5. The third-order valence-electron chi connectivity index (χ3n) is 5.03. The van der Waals surface area contributed by atoms with Gasteiger partial charge in [0, 0.05) is 19.2 Å². The van der Waals surface area contributed by atoms with Gasteiger partial charge in [-0.05, 0) is 57.1 Å². The fourth-order valence-electron chi connectivity index (χ4n) is 3.41. The number of nitriles is 2. The van der Waals surface area contributed by atoms with Crippen LogP contribution in [0.15, 0.2) is 41.6 Å². The molecule has 1 aliphatic rings. The zero-order valence-corrected chi connectivity index (χ0v) is 19.3. The highest BCUT2D eigenvalue weighted by Gasteiger charge is 2.52. The van der Waals surface area contributed by atoms with Gasteiger partial charge >= 0.3 is 6.18 Å². The van der Waals surface area contributed by atoms with Crippen molar-refractivity contribution in [1.82, 2.24) is 4.90 Å². The average molecular weight is 492 g/mol. The minimum atomic E-state index is -5.16. The zero-order chi connectivity index (χ0) is 25.7. The van der Waals surface area contributed by atoms with Crippen LogP contribution in [0, 0.1) is 28.5 Å². The van der Waals surface area contributed by atoms with Gasteiger partial charge in [-0.25, -0.2) is 4.39 Å². The van der Waals surface area contributed by atoms with Gasteiger partial charge in [-0.2, -0.15) is 23.7 Å². The average Bonchev–Trinajstić information content (AvgIpc) is 2.93. The summed E-state index contributed by atoms with van der Waals surface area (Å²) in [6, 6.07) is 5.08. The van der Waals surface area contributed by atoms with Crippen molar-refractivity contribution >= 4 is 35.1 Å². The number of nitrogens with zero attached hydrogens (tertiary/aromatic N) is 5. The lowest BCUT2D eigenvalue weighted by molar-refractivity contribution is -0.140. The Labute approximate surface area is 200 Å². The minimum Gasteiger partial charge on any atom is -0.302 e. The van der Waals surface area contributed by atoms with E-state index in [1.807, 2.05) is 6.07 Å². The predicted molar refractivity (Wildman–Crippen MR) is 123 cm³/mol. The van der Waals surface area contributed by atoms with Crippen LogP contribution in [-0.4, -0.2) is 34.2 Å². The molecule has 0 aliphatic carbocycles. The largest absolute Gasteiger partial charge is 0.420 e.